The number of hydrogen-bond donors (Lipinski definition) is 3. The number of unbranched alkanes of at least 4 members (excludes halogenated alkanes) is 60. The summed E-state index contributed by atoms with van der Waals surface area (Å²) in [5.41, 5.74) is 0. The van der Waals surface area contributed by atoms with E-state index < -0.39 is 12.1 Å². The summed E-state index contributed by atoms with van der Waals surface area (Å²) < 4.78 is 5.48. The molecule has 6 heteroatoms. The highest BCUT2D eigenvalue weighted by molar-refractivity contribution is 5.76. The first kappa shape index (κ1) is 81.6. The maximum atomic E-state index is 12.6. The van der Waals surface area contributed by atoms with Crippen LogP contribution in [0.3, 0.4) is 0 Å². The van der Waals surface area contributed by atoms with E-state index in [1.165, 1.54) is 366 Å². The van der Waals surface area contributed by atoms with Crippen molar-refractivity contribution < 1.29 is 24.5 Å². The van der Waals surface area contributed by atoms with Gasteiger partial charge >= 0.3 is 5.97 Å². The van der Waals surface area contributed by atoms with Gasteiger partial charge in [0.2, 0.25) is 5.91 Å². The highest BCUT2D eigenvalue weighted by Crippen LogP contribution is 2.20. The normalized spacial score (nSPS) is 12.5. The Balaban J connectivity index is 3.34. The Morgan fingerprint density at radius 1 is 0.325 bits per heavy atom. The number of carbonyl (C=O) groups is 2. The number of esters is 1. The molecule has 0 aromatic heterocycles. The second-order valence-corrected chi connectivity index (χ2v) is 26.7. The summed E-state index contributed by atoms with van der Waals surface area (Å²) in [5.74, 6) is -0.0140. The Kier molecular flexibility index (Phi) is 71.8. The number of allylic oxidation sites excluding steroid dienone is 2. The Hall–Kier alpha value is -1.40. The molecule has 0 spiro atoms. The molecule has 0 radical (unpaired) electrons. The summed E-state index contributed by atoms with van der Waals surface area (Å²) in [4.78, 5) is 24.6. The van der Waals surface area contributed by atoms with E-state index in [2.05, 4.69) is 31.3 Å². The highest BCUT2D eigenvalue weighted by Gasteiger charge is 2.20. The van der Waals surface area contributed by atoms with Crippen LogP contribution in [0, 0.1) is 0 Å². The van der Waals surface area contributed by atoms with Gasteiger partial charge in [-0.25, -0.2) is 0 Å². The molecule has 0 aliphatic rings. The maximum absolute atomic E-state index is 12.6. The van der Waals surface area contributed by atoms with Crippen LogP contribution in [0.2, 0.25) is 0 Å². The van der Waals surface area contributed by atoms with Crippen LogP contribution in [0.5, 0.6) is 0 Å². The van der Waals surface area contributed by atoms with E-state index in [0.29, 0.717) is 25.9 Å². The fourth-order valence-corrected chi connectivity index (χ4v) is 12.5. The predicted molar refractivity (Wildman–Crippen MR) is 366 cm³/mol. The maximum Gasteiger partial charge on any atom is 0.305 e. The Labute approximate surface area is 520 Å². The van der Waals surface area contributed by atoms with Crippen molar-refractivity contribution in [2.45, 2.75) is 456 Å². The van der Waals surface area contributed by atoms with Crippen molar-refractivity contribution in [1.29, 1.82) is 0 Å². The lowest BCUT2D eigenvalue weighted by atomic mass is 10.0. The van der Waals surface area contributed by atoms with Gasteiger partial charge in [-0.3, -0.25) is 9.59 Å². The first-order chi connectivity index (χ1) is 41.0. The average molecular weight is 1170 g/mol. The molecule has 2 unspecified atom stereocenters. The number of aliphatic hydroxyl groups excluding tert-OH is 2. The third kappa shape index (κ3) is 69.6. The van der Waals surface area contributed by atoms with E-state index in [1.807, 2.05) is 0 Å². The summed E-state index contributed by atoms with van der Waals surface area (Å²) in [6, 6.07) is -0.539. The van der Waals surface area contributed by atoms with Crippen LogP contribution in [-0.2, 0) is 14.3 Å². The molecule has 0 aromatic carbocycles. The topological polar surface area (TPSA) is 95.9 Å². The number of rotatable bonds is 73. The van der Waals surface area contributed by atoms with Gasteiger partial charge in [-0.2, -0.15) is 0 Å². The molecule has 0 aliphatic heterocycles. The molecule has 6 nitrogen and oxygen atoms in total. The van der Waals surface area contributed by atoms with Crippen molar-refractivity contribution in [3.05, 3.63) is 12.2 Å². The molecular weight excluding hydrogens is 1020 g/mol. The lowest BCUT2D eigenvalue weighted by Crippen LogP contribution is -2.45. The summed E-state index contributed by atoms with van der Waals surface area (Å²) >= 11 is 0. The summed E-state index contributed by atoms with van der Waals surface area (Å²) in [5, 5.41) is 23.5. The van der Waals surface area contributed by atoms with E-state index in [0.717, 1.165) is 44.9 Å². The van der Waals surface area contributed by atoms with Crippen molar-refractivity contribution in [3.63, 3.8) is 0 Å². The fourth-order valence-electron chi connectivity index (χ4n) is 12.5. The minimum atomic E-state index is -0.662. The number of nitrogens with one attached hydrogen (secondary N) is 1. The molecule has 0 bridgehead atoms. The standard InChI is InChI=1S/C77H151NO5/c1-3-5-7-9-11-13-15-17-18-19-20-21-22-31-34-37-40-43-46-49-53-57-61-65-69-75(80)74(73-79)78-76(81)70-66-62-58-54-50-47-44-41-38-35-32-29-27-25-23-24-26-28-30-33-36-39-42-45-48-52-56-60-64-68-72-83-77(82)71-67-63-59-55-51-16-14-12-10-8-6-4-2/h12,14,74-75,79-80H,3-11,13,15-73H2,1-2H3,(H,78,81)/b14-12-. The van der Waals surface area contributed by atoms with Gasteiger partial charge in [0.15, 0.2) is 0 Å². The van der Waals surface area contributed by atoms with Gasteiger partial charge in [-0.05, 0) is 51.4 Å². The van der Waals surface area contributed by atoms with Gasteiger partial charge in [-0.15, -0.1) is 0 Å². The van der Waals surface area contributed by atoms with Crippen LogP contribution >= 0.6 is 0 Å². The average Bonchev–Trinajstić information content (AvgIpc) is 3.49. The smallest absolute Gasteiger partial charge is 0.305 e. The molecule has 2 atom stereocenters. The second-order valence-electron chi connectivity index (χ2n) is 26.7. The number of hydrogen-bond acceptors (Lipinski definition) is 5. The van der Waals surface area contributed by atoms with Gasteiger partial charge in [0.05, 0.1) is 25.4 Å². The lowest BCUT2D eigenvalue weighted by Gasteiger charge is -2.22. The number of ether oxygens (including phenoxy) is 1. The SMILES string of the molecule is CCCCC/C=C\CCCCCCCC(=O)OCCCCCCCCCCCCCCCCCCCCCCCCCCCCCCCCC(=O)NC(CO)C(O)CCCCCCCCCCCCCCCCCCCCCCCCCC. The molecule has 0 saturated heterocycles. The molecule has 0 fully saturated rings. The highest BCUT2D eigenvalue weighted by atomic mass is 16.5. The first-order valence-electron chi connectivity index (χ1n) is 38.4. The quantitative estimate of drug-likeness (QED) is 0.0320. The minimum Gasteiger partial charge on any atom is -0.466 e. The fraction of sp³-hybridized carbons (Fsp3) is 0.948. The Morgan fingerprint density at radius 3 is 0.880 bits per heavy atom. The number of carbonyl (C=O) groups excluding carboxylic acids is 2. The van der Waals surface area contributed by atoms with E-state index in [4.69, 9.17) is 4.74 Å². The monoisotopic (exact) mass is 1170 g/mol. The number of aliphatic hydroxyl groups is 2. The minimum absolute atomic E-state index is 0.0111. The van der Waals surface area contributed by atoms with Gasteiger partial charge in [0, 0.05) is 12.8 Å². The summed E-state index contributed by atoms with van der Waals surface area (Å²) in [6.07, 6.45) is 91.5. The molecule has 0 aromatic rings. The molecular formula is C77H151NO5. The van der Waals surface area contributed by atoms with Crippen LogP contribution in [0.25, 0.3) is 0 Å². The van der Waals surface area contributed by atoms with Crippen LogP contribution in [-0.4, -0.2) is 47.4 Å². The van der Waals surface area contributed by atoms with Gasteiger partial charge in [0.1, 0.15) is 0 Å². The second kappa shape index (κ2) is 73.1. The van der Waals surface area contributed by atoms with Crippen molar-refractivity contribution in [1.82, 2.24) is 5.32 Å². The zero-order chi connectivity index (χ0) is 59.9. The zero-order valence-corrected chi connectivity index (χ0v) is 56.7. The van der Waals surface area contributed by atoms with Crippen molar-refractivity contribution in [2.24, 2.45) is 0 Å². The molecule has 83 heavy (non-hydrogen) atoms. The lowest BCUT2D eigenvalue weighted by molar-refractivity contribution is -0.143. The van der Waals surface area contributed by atoms with Crippen molar-refractivity contribution in [2.75, 3.05) is 13.2 Å². The first-order valence-corrected chi connectivity index (χ1v) is 38.4. The van der Waals surface area contributed by atoms with Crippen molar-refractivity contribution in [3.8, 4) is 0 Å². The molecule has 3 N–H and O–H groups in total. The predicted octanol–water partition coefficient (Wildman–Crippen LogP) is 25.1. The van der Waals surface area contributed by atoms with Crippen LogP contribution in [0.4, 0.5) is 0 Å². The van der Waals surface area contributed by atoms with E-state index >= 15 is 0 Å². The van der Waals surface area contributed by atoms with Crippen LogP contribution in [0.15, 0.2) is 12.2 Å². The zero-order valence-electron chi connectivity index (χ0n) is 56.7. The Bertz CT molecular complexity index is 1260. The molecule has 1 amide bonds. The third-order valence-electron chi connectivity index (χ3n) is 18.3. The molecule has 0 saturated carbocycles. The molecule has 0 heterocycles. The van der Waals surface area contributed by atoms with Gasteiger partial charge < -0.3 is 20.3 Å². The van der Waals surface area contributed by atoms with E-state index in [1.54, 1.807) is 0 Å². The Morgan fingerprint density at radius 2 is 0.566 bits per heavy atom. The third-order valence-corrected chi connectivity index (χ3v) is 18.3. The summed E-state index contributed by atoms with van der Waals surface area (Å²) in [6.45, 7) is 4.98. The molecule has 0 aliphatic carbocycles. The molecule has 494 valence electrons. The molecule has 0 rings (SSSR count). The number of amides is 1. The van der Waals surface area contributed by atoms with E-state index in [-0.39, 0.29) is 18.5 Å². The van der Waals surface area contributed by atoms with Crippen molar-refractivity contribution >= 4 is 11.9 Å². The van der Waals surface area contributed by atoms with Gasteiger partial charge in [-0.1, -0.05) is 392 Å². The van der Waals surface area contributed by atoms with E-state index in [9.17, 15) is 19.8 Å². The van der Waals surface area contributed by atoms with Crippen LogP contribution < -0.4 is 5.32 Å². The van der Waals surface area contributed by atoms with Crippen LogP contribution in [0.1, 0.15) is 444 Å². The van der Waals surface area contributed by atoms with Gasteiger partial charge in [0.25, 0.3) is 0 Å². The summed E-state index contributed by atoms with van der Waals surface area (Å²) in [7, 11) is 0. The largest absolute Gasteiger partial charge is 0.466 e.